The molecule has 2 aromatic carbocycles. The molecule has 2 heteroatoms. The van der Waals surface area contributed by atoms with Gasteiger partial charge in [-0.3, -0.25) is 0 Å². The van der Waals surface area contributed by atoms with Crippen LogP contribution in [-0.2, 0) is 6.61 Å². The molecule has 0 unspecified atom stereocenters. The summed E-state index contributed by atoms with van der Waals surface area (Å²) in [4.78, 5) is 0. The van der Waals surface area contributed by atoms with E-state index in [4.69, 9.17) is 16.3 Å². The summed E-state index contributed by atoms with van der Waals surface area (Å²) < 4.78 is 5.67. The Morgan fingerprint density at radius 3 is 2.50 bits per heavy atom. The monoisotopic (exact) mass is 232 g/mol. The van der Waals surface area contributed by atoms with Gasteiger partial charge in [0.15, 0.2) is 0 Å². The van der Waals surface area contributed by atoms with Crippen LogP contribution in [0.2, 0.25) is 5.02 Å². The van der Waals surface area contributed by atoms with Crippen molar-refractivity contribution in [2.24, 2.45) is 0 Å². The molecule has 0 atom stereocenters. The summed E-state index contributed by atoms with van der Waals surface area (Å²) in [6.45, 7) is 2.56. The molecule has 0 aromatic heterocycles. The van der Waals surface area contributed by atoms with E-state index in [0.29, 0.717) is 6.61 Å². The molecule has 0 spiro atoms. The van der Waals surface area contributed by atoms with Gasteiger partial charge in [-0.2, -0.15) is 0 Å². The van der Waals surface area contributed by atoms with Crippen molar-refractivity contribution in [2.45, 2.75) is 13.5 Å². The topological polar surface area (TPSA) is 9.23 Å². The van der Waals surface area contributed by atoms with Gasteiger partial charge in [0.05, 0.1) is 0 Å². The number of hydrogen-bond donors (Lipinski definition) is 0. The molecule has 0 saturated carbocycles. The summed E-state index contributed by atoms with van der Waals surface area (Å²) in [5.41, 5.74) is 2.20. The zero-order valence-corrected chi connectivity index (χ0v) is 9.87. The van der Waals surface area contributed by atoms with Crippen LogP contribution in [0.1, 0.15) is 11.1 Å². The lowest BCUT2D eigenvalue weighted by Crippen LogP contribution is -1.95. The molecule has 82 valence electrons. The largest absolute Gasteiger partial charge is 0.489 e. The minimum atomic E-state index is 0.585. The maximum absolute atomic E-state index is 5.94. The van der Waals surface area contributed by atoms with Gasteiger partial charge in [0.2, 0.25) is 0 Å². The Morgan fingerprint density at radius 2 is 1.81 bits per heavy atom. The highest BCUT2D eigenvalue weighted by Crippen LogP contribution is 2.21. The standard InChI is InChI=1S/C14H13ClO/c1-11-9-13(7-8-14(11)15)16-10-12-5-3-2-4-6-12/h2-9H,10H2,1H3. The molecule has 0 radical (unpaired) electrons. The normalized spacial score (nSPS) is 10.1. The van der Waals surface area contributed by atoms with Crippen LogP contribution in [-0.4, -0.2) is 0 Å². The first-order valence-corrected chi connectivity index (χ1v) is 5.56. The molecule has 0 amide bonds. The summed E-state index contributed by atoms with van der Waals surface area (Å²) in [6, 6.07) is 15.8. The minimum absolute atomic E-state index is 0.585. The molecule has 2 aromatic rings. The molecule has 0 aliphatic heterocycles. The molecule has 0 aliphatic rings. The first kappa shape index (κ1) is 11.0. The Bertz CT molecular complexity index is 465. The summed E-state index contributed by atoms with van der Waals surface area (Å²) in [7, 11) is 0. The van der Waals surface area contributed by atoms with Crippen LogP contribution in [0.4, 0.5) is 0 Å². The zero-order chi connectivity index (χ0) is 11.4. The van der Waals surface area contributed by atoms with Gasteiger partial charge in [0.1, 0.15) is 12.4 Å². The van der Waals surface area contributed by atoms with Gasteiger partial charge < -0.3 is 4.74 Å². The van der Waals surface area contributed by atoms with E-state index < -0.39 is 0 Å². The van der Waals surface area contributed by atoms with E-state index in [1.54, 1.807) is 0 Å². The molecular weight excluding hydrogens is 220 g/mol. The fourth-order valence-corrected chi connectivity index (χ4v) is 1.57. The zero-order valence-electron chi connectivity index (χ0n) is 9.11. The number of hydrogen-bond acceptors (Lipinski definition) is 1. The predicted octanol–water partition coefficient (Wildman–Crippen LogP) is 4.23. The average molecular weight is 233 g/mol. The Morgan fingerprint density at radius 1 is 1.06 bits per heavy atom. The maximum Gasteiger partial charge on any atom is 0.120 e. The smallest absolute Gasteiger partial charge is 0.120 e. The lowest BCUT2D eigenvalue weighted by molar-refractivity contribution is 0.306. The van der Waals surface area contributed by atoms with Crippen LogP contribution in [0.5, 0.6) is 5.75 Å². The van der Waals surface area contributed by atoms with Crippen LogP contribution < -0.4 is 4.74 Å². The maximum atomic E-state index is 5.94. The molecule has 2 rings (SSSR count). The number of benzene rings is 2. The molecular formula is C14H13ClO. The fourth-order valence-electron chi connectivity index (χ4n) is 1.45. The van der Waals surface area contributed by atoms with Crippen LogP contribution in [0.3, 0.4) is 0 Å². The summed E-state index contributed by atoms with van der Waals surface area (Å²) in [6.07, 6.45) is 0. The first-order chi connectivity index (χ1) is 7.75. The van der Waals surface area contributed by atoms with E-state index in [1.807, 2.05) is 55.5 Å². The van der Waals surface area contributed by atoms with Crippen molar-refractivity contribution in [1.82, 2.24) is 0 Å². The van der Waals surface area contributed by atoms with E-state index >= 15 is 0 Å². The SMILES string of the molecule is Cc1cc(OCc2ccccc2)ccc1Cl. The van der Waals surface area contributed by atoms with Crippen LogP contribution in [0.25, 0.3) is 0 Å². The van der Waals surface area contributed by atoms with Gasteiger partial charge in [-0.05, 0) is 36.2 Å². The van der Waals surface area contributed by atoms with Crippen LogP contribution >= 0.6 is 11.6 Å². The second-order valence-electron chi connectivity index (χ2n) is 3.69. The third-order valence-corrected chi connectivity index (χ3v) is 2.80. The predicted molar refractivity (Wildman–Crippen MR) is 67.0 cm³/mol. The van der Waals surface area contributed by atoms with Gasteiger partial charge >= 0.3 is 0 Å². The number of ether oxygens (including phenoxy) is 1. The first-order valence-electron chi connectivity index (χ1n) is 5.18. The minimum Gasteiger partial charge on any atom is -0.489 e. The number of rotatable bonds is 3. The van der Waals surface area contributed by atoms with Crippen molar-refractivity contribution >= 4 is 11.6 Å². The molecule has 0 heterocycles. The highest BCUT2D eigenvalue weighted by molar-refractivity contribution is 6.31. The van der Waals surface area contributed by atoms with Crippen LogP contribution in [0.15, 0.2) is 48.5 Å². The van der Waals surface area contributed by atoms with Crippen molar-refractivity contribution in [3.05, 3.63) is 64.7 Å². The molecule has 0 aliphatic carbocycles. The van der Waals surface area contributed by atoms with E-state index in [-0.39, 0.29) is 0 Å². The number of aryl methyl sites for hydroxylation is 1. The van der Waals surface area contributed by atoms with Gasteiger partial charge in [-0.1, -0.05) is 41.9 Å². The summed E-state index contributed by atoms with van der Waals surface area (Å²) in [5, 5.41) is 0.770. The van der Waals surface area contributed by atoms with E-state index in [2.05, 4.69) is 0 Å². The molecule has 0 N–H and O–H groups in total. The Labute approximate surface area is 101 Å². The Hall–Kier alpha value is -1.47. The lowest BCUT2D eigenvalue weighted by Gasteiger charge is -2.07. The Kier molecular flexibility index (Phi) is 3.47. The van der Waals surface area contributed by atoms with Gasteiger partial charge in [0.25, 0.3) is 0 Å². The molecule has 0 saturated heterocycles. The van der Waals surface area contributed by atoms with E-state index in [0.717, 1.165) is 21.9 Å². The van der Waals surface area contributed by atoms with Gasteiger partial charge in [-0.15, -0.1) is 0 Å². The van der Waals surface area contributed by atoms with Crippen molar-refractivity contribution < 1.29 is 4.74 Å². The lowest BCUT2D eigenvalue weighted by atomic mass is 10.2. The van der Waals surface area contributed by atoms with Gasteiger partial charge in [0, 0.05) is 5.02 Å². The molecule has 16 heavy (non-hydrogen) atoms. The van der Waals surface area contributed by atoms with Gasteiger partial charge in [-0.25, -0.2) is 0 Å². The van der Waals surface area contributed by atoms with Crippen LogP contribution in [0, 0.1) is 6.92 Å². The quantitative estimate of drug-likeness (QED) is 0.770. The van der Waals surface area contributed by atoms with E-state index in [1.165, 1.54) is 0 Å². The molecule has 1 nitrogen and oxygen atoms in total. The third-order valence-electron chi connectivity index (χ3n) is 2.38. The fraction of sp³-hybridized carbons (Fsp3) is 0.143. The highest BCUT2D eigenvalue weighted by atomic mass is 35.5. The Balaban J connectivity index is 2.03. The van der Waals surface area contributed by atoms with Crippen molar-refractivity contribution in [3.63, 3.8) is 0 Å². The average Bonchev–Trinajstić information content (AvgIpc) is 2.32. The molecule has 0 bridgehead atoms. The highest BCUT2D eigenvalue weighted by Gasteiger charge is 1.98. The van der Waals surface area contributed by atoms with Crippen molar-refractivity contribution in [3.8, 4) is 5.75 Å². The number of halogens is 1. The second kappa shape index (κ2) is 5.04. The summed E-state index contributed by atoms with van der Waals surface area (Å²) >= 11 is 5.94. The third kappa shape index (κ3) is 2.77. The van der Waals surface area contributed by atoms with Crippen molar-refractivity contribution in [2.75, 3.05) is 0 Å². The molecule has 0 fully saturated rings. The summed E-state index contributed by atoms with van der Waals surface area (Å²) in [5.74, 6) is 0.853. The second-order valence-corrected chi connectivity index (χ2v) is 4.09. The van der Waals surface area contributed by atoms with Crippen molar-refractivity contribution in [1.29, 1.82) is 0 Å². The van der Waals surface area contributed by atoms with E-state index in [9.17, 15) is 0 Å².